The Morgan fingerprint density at radius 3 is 2.62 bits per heavy atom. The summed E-state index contributed by atoms with van der Waals surface area (Å²) < 4.78 is 0.332. The highest BCUT2D eigenvalue weighted by Crippen LogP contribution is 2.29. The van der Waals surface area contributed by atoms with E-state index in [9.17, 15) is 20.0 Å². The summed E-state index contributed by atoms with van der Waals surface area (Å²) in [5, 5.41) is 23.4. The maximum Gasteiger partial charge on any atom is 0.284 e. The van der Waals surface area contributed by atoms with Crippen LogP contribution < -0.4 is 5.32 Å². The lowest BCUT2D eigenvalue weighted by Crippen LogP contribution is -2.52. The second kappa shape index (κ2) is 6.53. The summed E-state index contributed by atoms with van der Waals surface area (Å²) >= 11 is 3.09. The molecular formula is C14H17BrN2O4. The third-order valence-electron chi connectivity index (χ3n) is 3.90. The van der Waals surface area contributed by atoms with Crippen molar-refractivity contribution in [2.24, 2.45) is 0 Å². The molecule has 2 N–H and O–H groups in total. The van der Waals surface area contributed by atoms with Crippen molar-refractivity contribution in [2.45, 2.75) is 37.6 Å². The molecule has 1 aromatic carbocycles. The van der Waals surface area contributed by atoms with Gasteiger partial charge in [0.25, 0.3) is 11.6 Å². The monoisotopic (exact) mass is 356 g/mol. The normalized spacial score (nSPS) is 17.2. The molecule has 0 atom stereocenters. The summed E-state index contributed by atoms with van der Waals surface area (Å²) in [6, 6.07) is 4.26. The summed E-state index contributed by atoms with van der Waals surface area (Å²) in [7, 11) is 0. The van der Waals surface area contributed by atoms with E-state index in [0.717, 1.165) is 32.1 Å². The molecule has 0 heterocycles. The van der Waals surface area contributed by atoms with Crippen molar-refractivity contribution in [2.75, 3.05) is 6.61 Å². The van der Waals surface area contributed by atoms with Crippen LogP contribution in [0.15, 0.2) is 22.7 Å². The number of nitrogens with one attached hydrogen (secondary N) is 1. The van der Waals surface area contributed by atoms with Crippen LogP contribution in [0.5, 0.6) is 0 Å². The van der Waals surface area contributed by atoms with E-state index >= 15 is 0 Å². The Hall–Kier alpha value is -1.47. The number of benzene rings is 1. The fraction of sp³-hybridized carbons (Fsp3) is 0.500. The Bertz CT molecular complexity index is 556. The molecule has 0 spiro atoms. The molecule has 1 amide bonds. The van der Waals surface area contributed by atoms with Gasteiger partial charge in [0.15, 0.2) is 0 Å². The molecular weight excluding hydrogens is 340 g/mol. The third kappa shape index (κ3) is 3.59. The van der Waals surface area contributed by atoms with Gasteiger partial charge in [0.1, 0.15) is 0 Å². The topological polar surface area (TPSA) is 92.5 Å². The van der Waals surface area contributed by atoms with Crippen LogP contribution in [-0.4, -0.2) is 28.1 Å². The Morgan fingerprint density at radius 2 is 2.05 bits per heavy atom. The lowest BCUT2D eigenvalue weighted by Gasteiger charge is -2.36. The van der Waals surface area contributed by atoms with Gasteiger partial charge in [0.2, 0.25) is 0 Å². The zero-order chi connectivity index (χ0) is 15.5. The van der Waals surface area contributed by atoms with Crippen molar-refractivity contribution in [3.05, 3.63) is 38.3 Å². The first-order chi connectivity index (χ1) is 9.97. The Labute approximate surface area is 130 Å². The summed E-state index contributed by atoms with van der Waals surface area (Å²) in [5.41, 5.74) is -0.523. The summed E-state index contributed by atoms with van der Waals surface area (Å²) in [5.74, 6) is -0.387. The fourth-order valence-corrected chi connectivity index (χ4v) is 3.05. The molecule has 0 aliphatic heterocycles. The first-order valence-electron chi connectivity index (χ1n) is 6.85. The number of halogens is 1. The second-order valence-electron chi connectivity index (χ2n) is 5.38. The number of nitrogens with zero attached hydrogens (tertiary/aromatic N) is 1. The molecule has 1 saturated carbocycles. The fourth-order valence-electron chi connectivity index (χ4n) is 2.66. The number of rotatable bonds is 4. The number of carbonyl (C=O) groups excluding carboxylic acids is 1. The summed E-state index contributed by atoms with van der Waals surface area (Å²) in [6.45, 7) is -0.114. The second-order valence-corrected chi connectivity index (χ2v) is 6.23. The van der Waals surface area contributed by atoms with Crippen molar-refractivity contribution >= 4 is 27.5 Å². The van der Waals surface area contributed by atoms with E-state index in [0.29, 0.717) is 4.47 Å². The number of nitro benzene ring substituents is 1. The highest BCUT2D eigenvalue weighted by atomic mass is 79.9. The van der Waals surface area contributed by atoms with Gasteiger partial charge in [-0.15, -0.1) is 0 Å². The number of aliphatic hydroxyl groups is 1. The largest absolute Gasteiger partial charge is 0.394 e. The van der Waals surface area contributed by atoms with Crippen molar-refractivity contribution in [1.82, 2.24) is 5.32 Å². The molecule has 2 rings (SSSR count). The highest BCUT2D eigenvalue weighted by molar-refractivity contribution is 9.10. The standard InChI is InChI=1S/C14H17BrN2O4/c15-11-5-4-10(8-12(11)17(20)21)13(19)16-14(9-18)6-2-1-3-7-14/h4-5,8,18H,1-3,6-7,9H2,(H,16,19). The van der Waals surface area contributed by atoms with Crippen molar-refractivity contribution in [3.63, 3.8) is 0 Å². The number of amides is 1. The molecule has 0 radical (unpaired) electrons. The van der Waals surface area contributed by atoms with Crippen LogP contribution in [0.4, 0.5) is 5.69 Å². The smallest absolute Gasteiger partial charge is 0.284 e. The van der Waals surface area contributed by atoms with Crippen LogP contribution >= 0.6 is 15.9 Å². The maximum absolute atomic E-state index is 12.3. The molecule has 7 heteroatoms. The third-order valence-corrected chi connectivity index (χ3v) is 4.57. The van der Waals surface area contributed by atoms with Gasteiger partial charge >= 0.3 is 0 Å². The average molecular weight is 357 g/mol. The summed E-state index contributed by atoms with van der Waals surface area (Å²) in [6.07, 6.45) is 4.48. The first-order valence-corrected chi connectivity index (χ1v) is 7.64. The summed E-state index contributed by atoms with van der Waals surface area (Å²) in [4.78, 5) is 22.7. The van der Waals surface area contributed by atoms with Crippen LogP contribution in [0.2, 0.25) is 0 Å². The van der Waals surface area contributed by atoms with E-state index in [1.807, 2.05) is 0 Å². The van der Waals surface area contributed by atoms with Crippen LogP contribution in [-0.2, 0) is 0 Å². The minimum Gasteiger partial charge on any atom is -0.394 e. The minimum absolute atomic E-state index is 0.114. The molecule has 1 aliphatic carbocycles. The molecule has 21 heavy (non-hydrogen) atoms. The number of hydrogen-bond acceptors (Lipinski definition) is 4. The molecule has 1 aromatic rings. The Balaban J connectivity index is 2.20. The van der Waals surface area contributed by atoms with Crippen molar-refractivity contribution in [1.29, 1.82) is 0 Å². The predicted molar refractivity (Wildman–Crippen MR) is 81.2 cm³/mol. The minimum atomic E-state index is -0.600. The van der Waals surface area contributed by atoms with Crippen molar-refractivity contribution in [3.8, 4) is 0 Å². The van der Waals surface area contributed by atoms with E-state index in [4.69, 9.17) is 0 Å². The van der Waals surface area contributed by atoms with Gasteiger partial charge in [0.05, 0.1) is 21.5 Å². The van der Waals surface area contributed by atoms with Gasteiger partial charge in [-0.3, -0.25) is 14.9 Å². The molecule has 6 nitrogen and oxygen atoms in total. The first kappa shape index (κ1) is 15.9. The number of hydrogen-bond donors (Lipinski definition) is 2. The van der Waals surface area contributed by atoms with Crippen molar-refractivity contribution < 1.29 is 14.8 Å². The quantitative estimate of drug-likeness (QED) is 0.640. The lowest BCUT2D eigenvalue weighted by atomic mass is 9.82. The lowest BCUT2D eigenvalue weighted by molar-refractivity contribution is -0.385. The van der Waals surface area contributed by atoms with E-state index in [2.05, 4.69) is 21.2 Å². The number of carbonyl (C=O) groups is 1. The highest BCUT2D eigenvalue weighted by Gasteiger charge is 2.33. The molecule has 0 unspecified atom stereocenters. The van der Waals surface area contributed by atoms with Crippen LogP contribution in [0.3, 0.4) is 0 Å². The van der Waals surface area contributed by atoms with E-state index in [1.54, 1.807) is 0 Å². The molecule has 0 saturated heterocycles. The van der Waals surface area contributed by atoms with Crippen LogP contribution in [0.1, 0.15) is 42.5 Å². The molecule has 114 valence electrons. The SMILES string of the molecule is O=C(NC1(CO)CCCCC1)c1ccc(Br)c([N+](=O)[O-])c1. The molecule has 1 fully saturated rings. The molecule has 0 bridgehead atoms. The van der Waals surface area contributed by atoms with Gasteiger partial charge in [-0.2, -0.15) is 0 Å². The maximum atomic E-state index is 12.3. The van der Waals surface area contributed by atoms with Crippen LogP contribution in [0.25, 0.3) is 0 Å². The predicted octanol–water partition coefficient (Wildman–Crippen LogP) is 2.78. The van der Waals surface area contributed by atoms with Gasteiger partial charge < -0.3 is 10.4 Å². The van der Waals surface area contributed by atoms with E-state index < -0.39 is 10.5 Å². The van der Waals surface area contributed by atoms with E-state index in [1.165, 1.54) is 18.2 Å². The number of nitro groups is 1. The van der Waals surface area contributed by atoms with Gasteiger partial charge in [-0.05, 0) is 40.9 Å². The average Bonchev–Trinajstić information content (AvgIpc) is 2.48. The van der Waals surface area contributed by atoms with Gasteiger partial charge in [0, 0.05) is 11.6 Å². The van der Waals surface area contributed by atoms with Gasteiger partial charge in [-0.1, -0.05) is 19.3 Å². The molecule has 1 aliphatic rings. The van der Waals surface area contributed by atoms with Crippen LogP contribution in [0, 0.1) is 10.1 Å². The Morgan fingerprint density at radius 1 is 1.38 bits per heavy atom. The molecule has 0 aromatic heterocycles. The zero-order valence-electron chi connectivity index (χ0n) is 11.5. The zero-order valence-corrected chi connectivity index (χ0v) is 13.1. The number of aliphatic hydroxyl groups excluding tert-OH is 1. The van der Waals surface area contributed by atoms with E-state index in [-0.39, 0.29) is 23.8 Å². The van der Waals surface area contributed by atoms with Gasteiger partial charge in [-0.25, -0.2) is 0 Å². The Kier molecular flexibility index (Phi) is 4.95.